The van der Waals surface area contributed by atoms with E-state index in [9.17, 15) is 0 Å². The van der Waals surface area contributed by atoms with Gasteiger partial charge in [0.2, 0.25) is 0 Å². The van der Waals surface area contributed by atoms with Gasteiger partial charge < -0.3 is 21.3 Å². The first-order valence-electron chi connectivity index (χ1n) is 9.45. The summed E-state index contributed by atoms with van der Waals surface area (Å²) in [6.07, 6.45) is 9.73. The monoisotopic (exact) mass is 368 g/mol. The molecule has 4 saturated carbocycles. The molecular weight excluding hydrogens is 336 g/mol. The van der Waals surface area contributed by atoms with Crippen molar-refractivity contribution in [2.75, 3.05) is 26.7 Å². The zero-order chi connectivity index (χ0) is 17.2. The minimum atomic E-state index is 0.465. The molecule has 4 aliphatic carbocycles. The second-order valence-electron chi connectivity index (χ2n) is 8.43. The van der Waals surface area contributed by atoms with E-state index >= 15 is 0 Å². The molecule has 0 aromatic heterocycles. The molecule has 0 saturated heterocycles. The van der Waals surface area contributed by atoms with E-state index in [1.54, 1.807) is 0 Å². The number of hydrogen-bond donors (Lipinski definition) is 4. The molecule has 4 nitrogen and oxygen atoms in total. The van der Waals surface area contributed by atoms with Crippen molar-refractivity contribution in [2.45, 2.75) is 51.9 Å². The highest BCUT2D eigenvalue weighted by molar-refractivity contribution is 7.80. The fraction of sp³-hybridized carbons (Fsp3) is 0.889. The molecule has 24 heavy (non-hydrogen) atoms. The van der Waals surface area contributed by atoms with Crippen LogP contribution in [0, 0.1) is 22.7 Å². The molecular formula is C18H32N4S2. The molecule has 0 heterocycles. The Labute approximate surface area is 157 Å². The first kappa shape index (κ1) is 18.2. The van der Waals surface area contributed by atoms with Gasteiger partial charge in [0, 0.05) is 26.7 Å². The summed E-state index contributed by atoms with van der Waals surface area (Å²) in [4.78, 5) is 0. The van der Waals surface area contributed by atoms with Crippen LogP contribution < -0.4 is 21.3 Å². The summed E-state index contributed by atoms with van der Waals surface area (Å²) in [5.41, 5.74) is 0.995. The van der Waals surface area contributed by atoms with Crippen molar-refractivity contribution >= 4 is 34.7 Å². The fourth-order valence-electron chi connectivity index (χ4n) is 6.17. The largest absolute Gasteiger partial charge is 0.366 e. The third-order valence-electron chi connectivity index (χ3n) is 6.43. The topological polar surface area (TPSA) is 48.1 Å². The summed E-state index contributed by atoms with van der Waals surface area (Å²) in [6, 6.07) is 0. The van der Waals surface area contributed by atoms with Gasteiger partial charge in [-0.3, -0.25) is 0 Å². The van der Waals surface area contributed by atoms with Gasteiger partial charge in [0.05, 0.1) is 0 Å². The predicted octanol–water partition coefficient (Wildman–Crippen LogP) is 2.54. The smallest absolute Gasteiger partial charge is 0.166 e. The molecule has 0 aromatic rings. The molecule has 4 aliphatic rings. The van der Waals surface area contributed by atoms with E-state index in [0.29, 0.717) is 10.8 Å². The molecule has 4 rings (SSSR count). The van der Waals surface area contributed by atoms with Crippen LogP contribution in [0.25, 0.3) is 0 Å². The fourth-order valence-corrected chi connectivity index (χ4v) is 6.49. The SMILES string of the molecule is CCNC(=S)NCC12C[C@@H]3C[C@H](CC(CCNC(=S)NC)(C3)C1)C2. The third-order valence-corrected chi connectivity index (χ3v) is 7.07. The molecule has 6 heteroatoms. The van der Waals surface area contributed by atoms with Gasteiger partial charge in [-0.1, -0.05) is 0 Å². The summed E-state index contributed by atoms with van der Waals surface area (Å²) in [6.45, 7) is 5.04. The van der Waals surface area contributed by atoms with Crippen molar-refractivity contribution < 1.29 is 0 Å². The maximum absolute atomic E-state index is 5.39. The lowest BCUT2D eigenvalue weighted by atomic mass is 9.43. The summed E-state index contributed by atoms with van der Waals surface area (Å²) in [5.74, 6) is 1.86. The van der Waals surface area contributed by atoms with Crippen molar-refractivity contribution in [2.24, 2.45) is 22.7 Å². The number of hydrogen-bond acceptors (Lipinski definition) is 2. The first-order chi connectivity index (χ1) is 11.5. The van der Waals surface area contributed by atoms with Gasteiger partial charge in [0.1, 0.15) is 0 Å². The molecule has 0 amide bonds. The maximum Gasteiger partial charge on any atom is 0.166 e. The minimum Gasteiger partial charge on any atom is -0.366 e. The summed E-state index contributed by atoms with van der Waals surface area (Å²) in [5, 5.41) is 14.7. The predicted molar refractivity (Wildman–Crippen MR) is 108 cm³/mol. The highest BCUT2D eigenvalue weighted by atomic mass is 32.1. The van der Waals surface area contributed by atoms with Crippen molar-refractivity contribution in [3.8, 4) is 0 Å². The third kappa shape index (κ3) is 3.96. The first-order valence-corrected chi connectivity index (χ1v) is 10.3. The lowest BCUT2D eigenvalue weighted by Crippen LogP contribution is -2.56. The molecule has 136 valence electrons. The van der Waals surface area contributed by atoms with E-state index in [2.05, 4.69) is 28.2 Å². The molecule has 0 unspecified atom stereocenters. The lowest BCUT2D eigenvalue weighted by Gasteiger charge is -2.62. The molecule has 4 N–H and O–H groups in total. The van der Waals surface area contributed by atoms with Crippen molar-refractivity contribution in [1.29, 1.82) is 0 Å². The molecule has 2 atom stereocenters. The Balaban J connectivity index is 1.61. The van der Waals surface area contributed by atoms with Gasteiger partial charge in [0.15, 0.2) is 10.2 Å². The standard InChI is InChI=1S/C18H32N4S2/c1-3-20-16(24)22-12-18-9-13-6-14(10-18)8-17(7-13,11-18)4-5-21-15(23)19-2/h13-14H,3-12H2,1-2H3,(H2,19,21,23)(H2,20,22,24)/t13-,14-,17?,18?/m1/s1. The Bertz CT molecular complexity index is 479. The lowest BCUT2D eigenvalue weighted by molar-refractivity contribution is -0.110. The zero-order valence-electron chi connectivity index (χ0n) is 15.0. The normalized spacial score (nSPS) is 36.2. The molecule has 0 aliphatic heterocycles. The van der Waals surface area contributed by atoms with Crippen molar-refractivity contribution in [3.63, 3.8) is 0 Å². The second-order valence-corrected chi connectivity index (χ2v) is 9.25. The van der Waals surface area contributed by atoms with Crippen LogP contribution in [0.4, 0.5) is 0 Å². The van der Waals surface area contributed by atoms with Crippen molar-refractivity contribution in [3.05, 3.63) is 0 Å². The average molecular weight is 369 g/mol. The van der Waals surface area contributed by atoms with E-state index in [1.165, 1.54) is 44.9 Å². The van der Waals surface area contributed by atoms with Crippen LogP contribution in [-0.2, 0) is 0 Å². The zero-order valence-corrected chi connectivity index (χ0v) is 16.7. The molecule has 0 spiro atoms. The van der Waals surface area contributed by atoms with E-state index in [1.807, 2.05) is 7.05 Å². The molecule has 4 bridgehead atoms. The number of nitrogens with one attached hydrogen (secondary N) is 4. The Morgan fingerprint density at radius 1 is 0.958 bits per heavy atom. The molecule has 0 aromatic carbocycles. The molecule has 4 fully saturated rings. The Kier molecular flexibility index (Phi) is 5.55. The summed E-state index contributed by atoms with van der Waals surface area (Å²) >= 11 is 10.6. The average Bonchev–Trinajstić information content (AvgIpc) is 2.52. The summed E-state index contributed by atoms with van der Waals surface area (Å²) < 4.78 is 0. The van der Waals surface area contributed by atoms with Gasteiger partial charge in [-0.25, -0.2) is 0 Å². The Hall–Kier alpha value is -0.620. The Morgan fingerprint density at radius 2 is 1.62 bits per heavy atom. The highest BCUT2D eigenvalue weighted by Crippen LogP contribution is 2.66. The van der Waals surface area contributed by atoms with Crippen LogP contribution >= 0.6 is 24.4 Å². The minimum absolute atomic E-state index is 0.465. The molecule has 0 radical (unpaired) electrons. The van der Waals surface area contributed by atoms with E-state index in [-0.39, 0.29) is 0 Å². The van der Waals surface area contributed by atoms with Crippen LogP contribution in [0.5, 0.6) is 0 Å². The van der Waals surface area contributed by atoms with Crippen LogP contribution in [0.3, 0.4) is 0 Å². The van der Waals surface area contributed by atoms with E-state index < -0.39 is 0 Å². The van der Waals surface area contributed by atoms with Crippen LogP contribution in [0.2, 0.25) is 0 Å². The Morgan fingerprint density at radius 3 is 2.25 bits per heavy atom. The maximum atomic E-state index is 5.39. The number of rotatable bonds is 6. The quantitative estimate of drug-likeness (QED) is 0.541. The van der Waals surface area contributed by atoms with Gasteiger partial charge in [0.25, 0.3) is 0 Å². The van der Waals surface area contributed by atoms with E-state index in [4.69, 9.17) is 24.4 Å². The van der Waals surface area contributed by atoms with Gasteiger partial charge in [-0.15, -0.1) is 0 Å². The number of thiocarbonyl (C=S) groups is 2. The second kappa shape index (κ2) is 7.32. The van der Waals surface area contributed by atoms with Crippen molar-refractivity contribution in [1.82, 2.24) is 21.3 Å². The van der Waals surface area contributed by atoms with Gasteiger partial charge in [-0.2, -0.15) is 0 Å². The van der Waals surface area contributed by atoms with Crippen LogP contribution in [0.15, 0.2) is 0 Å². The van der Waals surface area contributed by atoms with Gasteiger partial charge in [-0.05, 0) is 99.0 Å². The van der Waals surface area contributed by atoms with Gasteiger partial charge >= 0.3 is 0 Å². The van der Waals surface area contributed by atoms with Crippen LogP contribution in [-0.4, -0.2) is 36.9 Å². The highest BCUT2D eigenvalue weighted by Gasteiger charge is 2.57. The van der Waals surface area contributed by atoms with E-state index in [0.717, 1.165) is 41.7 Å². The van der Waals surface area contributed by atoms with Crippen LogP contribution in [0.1, 0.15) is 51.9 Å². The summed E-state index contributed by atoms with van der Waals surface area (Å²) in [7, 11) is 1.88.